The lowest BCUT2D eigenvalue weighted by molar-refractivity contribution is -0.402. The van der Waals surface area contributed by atoms with Crippen LogP contribution in [-0.2, 0) is 0 Å². The Bertz CT molecular complexity index is 622. The maximum absolute atomic E-state index is 10.6. The second-order valence-electron chi connectivity index (χ2n) is 4.62. The molecule has 0 N–H and O–H groups in total. The van der Waals surface area contributed by atoms with Crippen molar-refractivity contribution in [3.8, 4) is 0 Å². The summed E-state index contributed by atoms with van der Waals surface area (Å²) in [6.45, 7) is 2.10. The predicted molar refractivity (Wildman–Crippen MR) is 79.4 cm³/mol. The average Bonchev–Trinajstić information content (AvgIpc) is 2.96. The molecule has 0 bridgehead atoms. The van der Waals surface area contributed by atoms with Gasteiger partial charge in [-0.15, -0.1) is 0 Å². The highest BCUT2D eigenvalue weighted by Crippen LogP contribution is 2.23. The van der Waals surface area contributed by atoms with Crippen LogP contribution in [0.1, 0.15) is 30.7 Å². The molecule has 6 nitrogen and oxygen atoms in total. The van der Waals surface area contributed by atoms with Gasteiger partial charge in [0.15, 0.2) is 0 Å². The normalized spacial score (nSPS) is 12.5. The van der Waals surface area contributed by atoms with Crippen molar-refractivity contribution in [2.24, 2.45) is 0 Å². The van der Waals surface area contributed by atoms with Crippen molar-refractivity contribution in [1.82, 2.24) is 9.88 Å². The van der Waals surface area contributed by atoms with Crippen LogP contribution in [-0.4, -0.2) is 21.9 Å². The number of aromatic nitrogens is 1. The summed E-state index contributed by atoms with van der Waals surface area (Å²) in [6, 6.07) is 7.11. The van der Waals surface area contributed by atoms with Crippen LogP contribution in [0.3, 0.4) is 0 Å². The summed E-state index contributed by atoms with van der Waals surface area (Å²) in [5.41, 5.74) is 1.17. The maximum Gasteiger partial charge on any atom is 0.433 e. The molecule has 2 rings (SSSR count). The minimum atomic E-state index is -0.549. The molecular formula is C15H17N3O3. The zero-order valence-corrected chi connectivity index (χ0v) is 12.0. The fraction of sp³-hybridized carbons (Fsp3) is 0.267. The Morgan fingerprint density at radius 1 is 1.38 bits per heavy atom. The number of hydrogen-bond acceptors (Lipinski definition) is 5. The molecule has 110 valence electrons. The van der Waals surface area contributed by atoms with Crippen LogP contribution in [0.2, 0.25) is 0 Å². The molecule has 2 heterocycles. The highest BCUT2D eigenvalue weighted by molar-refractivity contribution is 5.44. The number of pyridine rings is 1. The van der Waals surface area contributed by atoms with Gasteiger partial charge >= 0.3 is 5.88 Å². The Morgan fingerprint density at radius 2 is 2.10 bits per heavy atom. The number of rotatable bonds is 6. The smallest absolute Gasteiger partial charge is 0.401 e. The van der Waals surface area contributed by atoms with Crippen LogP contribution >= 0.6 is 0 Å². The summed E-state index contributed by atoms with van der Waals surface area (Å²) in [4.78, 5) is 16.1. The second-order valence-corrected chi connectivity index (χ2v) is 4.62. The van der Waals surface area contributed by atoms with Crippen LogP contribution in [0.25, 0.3) is 6.08 Å². The van der Waals surface area contributed by atoms with Crippen molar-refractivity contribution in [2.75, 3.05) is 7.05 Å². The summed E-state index contributed by atoms with van der Waals surface area (Å²) in [7, 11) is 1.96. The van der Waals surface area contributed by atoms with Crippen molar-refractivity contribution in [1.29, 1.82) is 0 Å². The first-order valence-electron chi connectivity index (χ1n) is 6.66. The van der Waals surface area contributed by atoms with Gasteiger partial charge < -0.3 is 9.32 Å². The minimum absolute atomic E-state index is 0.217. The van der Waals surface area contributed by atoms with Crippen LogP contribution in [0, 0.1) is 10.1 Å². The first kappa shape index (κ1) is 14.8. The molecule has 0 saturated carbocycles. The molecule has 0 saturated heterocycles. The van der Waals surface area contributed by atoms with Gasteiger partial charge in [0.25, 0.3) is 0 Å². The summed E-state index contributed by atoms with van der Waals surface area (Å²) < 4.78 is 5.09. The zero-order chi connectivity index (χ0) is 15.2. The standard InChI is InChI=1S/C15H17N3O3/c1-3-14(12-6-9-16-10-7-12)17(2)11-8-13-4-5-15(21-13)18(19)20/h4-11,14H,3H2,1-2H3/b11-8+. The molecule has 2 aromatic rings. The van der Waals surface area contributed by atoms with E-state index < -0.39 is 4.92 Å². The molecule has 0 aliphatic rings. The van der Waals surface area contributed by atoms with Gasteiger partial charge in [0.05, 0.1) is 12.1 Å². The molecule has 0 aliphatic heterocycles. The first-order valence-corrected chi connectivity index (χ1v) is 6.66. The van der Waals surface area contributed by atoms with E-state index in [1.165, 1.54) is 11.6 Å². The number of furan rings is 1. The van der Waals surface area contributed by atoms with Crippen molar-refractivity contribution in [3.63, 3.8) is 0 Å². The van der Waals surface area contributed by atoms with Crippen LogP contribution < -0.4 is 0 Å². The molecule has 0 aliphatic carbocycles. The topological polar surface area (TPSA) is 72.4 Å². The lowest BCUT2D eigenvalue weighted by Gasteiger charge is -2.26. The van der Waals surface area contributed by atoms with Crippen LogP contribution in [0.4, 0.5) is 5.88 Å². The molecule has 0 radical (unpaired) electrons. The van der Waals surface area contributed by atoms with E-state index in [-0.39, 0.29) is 11.9 Å². The molecule has 0 amide bonds. The maximum atomic E-state index is 10.6. The monoisotopic (exact) mass is 287 g/mol. The van der Waals surface area contributed by atoms with Crippen molar-refractivity contribution in [2.45, 2.75) is 19.4 Å². The second kappa shape index (κ2) is 6.69. The van der Waals surface area contributed by atoms with E-state index in [0.29, 0.717) is 5.76 Å². The zero-order valence-electron chi connectivity index (χ0n) is 12.0. The minimum Gasteiger partial charge on any atom is -0.401 e. The average molecular weight is 287 g/mol. The van der Waals surface area contributed by atoms with Gasteiger partial charge in [-0.05, 0) is 36.3 Å². The third-order valence-corrected chi connectivity index (χ3v) is 3.24. The highest BCUT2D eigenvalue weighted by atomic mass is 16.6. The molecule has 0 fully saturated rings. The Hall–Kier alpha value is -2.63. The third kappa shape index (κ3) is 3.68. The van der Waals surface area contributed by atoms with E-state index >= 15 is 0 Å². The third-order valence-electron chi connectivity index (χ3n) is 3.24. The summed E-state index contributed by atoms with van der Waals surface area (Å²) >= 11 is 0. The van der Waals surface area contributed by atoms with Gasteiger partial charge in [0.1, 0.15) is 10.7 Å². The molecule has 21 heavy (non-hydrogen) atoms. The van der Waals surface area contributed by atoms with Gasteiger partial charge in [-0.2, -0.15) is 0 Å². The Balaban J connectivity index is 2.09. The fourth-order valence-corrected chi connectivity index (χ4v) is 2.17. The van der Waals surface area contributed by atoms with E-state index in [9.17, 15) is 10.1 Å². The number of nitrogens with zero attached hydrogens (tertiary/aromatic N) is 3. The Labute approximate surface area is 122 Å². The van der Waals surface area contributed by atoms with Crippen molar-refractivity contribution in [3.05, 3.63) is 64.3 Å². The quantitative estimate of drug-likeness (QED) is 0.599. The lowest BCUT2D eigenvalue weighted by atomic mass is 10.1. The fourth-order valence-electron chi connectivity index (χ4n) is 2.17. The van der Waals surface area contributed by atoms with Gasteiger partial charge in [0, 0.05) is 25.6 Å². The number of nitro groups is 1. The molecule has 2 aromatic heterocycles. The summed E-state index contributed by atoms with van der Waals surface area (Å²) in [5.74, 6) is 0.205. The molecule has 1 atom stereocenters. The SMILES string of the molecule is CCC(c1ccncc1)N(C)/C=C/c1ccc([N+](=O)[O-])o1. The van der Waals surface area contributed by atoms with Gasteiger partial charge in [0.2, 0.25) is 0 Å². The van der Waals surface area contributed by atoms with E-state index in [1.807, 2.05) is 30.3 Å². The van der Waals surface area contributed by atoms with E-state index in [1.54, 1.807) is 24.5 Å². The predicted octanol–water partition coefficient (Wildman–Crippen LogP) is 3.64. The van der Waals surface area contributed by atoms with Crippen molar-refractivity contribution >= 4 is 12.0 Å². The van der Waals surface area contributed by atoms with Gasteiger partial charge in [-0.3, -0.25) is 15.1 Å². The van der Waals surface area contributed by atoms with E-state index in [0.717, 1.165) is 6.42 Å². The van der Waals surface area contributed by atoms with Gasteiger partial charge in [-0.1, -0.05) is 6.92 Å². The molecule has 6 heteroatoms. The van der Waals surface area contributed by atoms with E-state index in [4.69, 9.17) is 4.42 Å². The van der Waals surface area contributed by atoms with Crippen molar-refractivity contribution < 1.29 is 9.34 Å². The van der Waals surface area contributed by atoms with Crippen LogP contribution in [0.15, 0.2) is 47.3 Å². The lowest BCUT2D eigenvalue weighted by Crippen LogP contribution is -2.18. The first-order chi connectivity index (χ1) is 10.1. The largest absolute Gasteiger partial charge is 0.433 e. The Kier molecular flexibility index (Phi) is 4.71. The van der Waals surface area contributed by atoms with E-state index in [2.05, 4.69) is 11.9 Å². The Morgan fingerprint density at radius 3 is 2.67 bits per heavy atom. The van der Waals surface area contributed by atoms with Crippen LogP contribution in [0.5, 0.6) is 0 Å². The molecular weight excluding hydrogens is 270 g/mol. The molecule has 1 unspecified atom stereocenters. The molecule has 0 spiro atoms. The number of hydrogen-bond donors (Lipinski definition) is 0. The summed E-state index contributed by atoms with van der Waals surface area (Å²) in [5, 5.41) is 10.6. The highest BCUT2D eigenvalue weighted by Gasteiger charge is 2.13. The molecule has 0 aromatic carbocycles. The van der Waals surface area contributed by atoms with Gasteiger partial charge in [-0.25, -0.2) is 0 Å². The summed E-state index contributed by atoms with van der Waals surface area (Å²) in [6.07, 6.45) is 8.05.